The average molecular weight is 900 g/mol. The van der Waals surface area contributed by atoms with Crippen molar-refractivity contribution in [3.8, 4) is 0 Å². The van der Waals surface area contributed by atoms with Gasteiger partial charge in [0.05, 0.1) is 18.2 Å². The van der Waals surface area contributed by atoms with E-state index in [1.165, 1.54) is 0 Å². The fourth-order valence-electron chi connectivity index (χ4n) is 7.38. The number of nitrogens with two attached hydrogens (primary N) is 2. The molecule has 0 aromatic carbocycles. The SMILES string of the molecule is CC(C)C[C@H](NC(=O)[C@@H](NC(=O)N[C@H](C(=O)O)C(C)C)[C@@H]1CCN=C(N)N1)C(=O)NCCCN[C@H](C(=O)O)[C@H](O[C@H]1C[C@H](O)[C@@H](CN)O1)[C@H]1O[C@@H](n2ccc(=O)[nH]c2=O)[C@H](O)[C@@H]1O. The molecule has 63 heavy (non-hydrogen) atoms. The number of aromatic nitrogens is 2. The zero-order valence-corrected chi connectivity index (χ0v) is 35.3. The number of carbonyl (C=O) groups is 5. The number of H-pyrrole nitrogens is 1. The van der Waals surface area contributed by atoms with Crippen LogP contribution >= 0.6 is 0 Å². The van der Waals surface area contributed by atoms with E-state index in [0.717, 1.165) is 16.8 Å². The number of carboxylic acid groups (broad SMARTS) is 2. The second-order valence-corrected chi connectivity index (χ2v) is 16.3. The number of carbonyl (C=O) groups excluding carboxylic acids is 3. The molecule has 354 valence electrons. The molecule has 2 saturated heterocycles. The smallest absolute Gasteiger partial charge is 0.330 e. The van der Waals surface area contributed by atoms with E-state index < -0.39 is 126 Å². The molecule has 3 aliphatic rings. The van der Waals surface area contributed by atoms with Crippen LogP contribution in [0.2, 0.25) is 0 Å². The van der Waals surface area contributed by atoms with E-state index in [0.29, 0.717) is 0 Å². The van der Waals surface area contributed by atoms with Crippen LogP contribution in [0.5, 0.6) is 0 Å². The summed E-state index contributed by atoms with van der Waals surface area (Å²) in [7, 11) is 0. The van der Waals surface area contributed by atoms with Crippen molar-refractivity contribution in [2.45, 2.75) is 133 Å². The molecule has 3 aliphatic heterocycles. The molecule has 0 spiro atoms. The van der Waals surface area contributed by atoms with Gasteiger partial charge in [-0.15, -0.1) is 0 Å². The predicted molar refractivity (Wildman–Crippen MR) is 219 cm³/mol. The number of aliphatic hydroxyl groups is 3. The predicted octanol–water partition coefficient (Wildman–Crippen LogP) is -5.49. The lowest BCUT2D eigenvalue weighted by Gasteiger charge is -2.33. The molecule has 0 unspecified atom stereocenters. The molecule has 4 rings (SSSR count). The fourth-order valence-corrected chi connectivity index (χ4v) is 7.38. The molecule has 1 aromatic rings. The summed E-state index contributed by atoms with van der Waals surface area (Å²) in [6, 6.07) is -6.13. The first kappa shape index (κ1) is 50.4. The number of guanidine groups is 1. The fraction of sp³-hybridized carbons (Fsp3) is 0.730. The first-order chi connectivity index (χ1) is 29.7. The Balaban J connectivity index is 1.44. The summed E-state index contributed by atoms with van der Waals surface area (Å²) < 4.78 is 18.3. The second-order valence-electron chi connectivity index (χ2n) is 16.3. The van der Waals surface area contributed by atoms with Gasteiger partial charge >= 0.3 is 23.7 Å². The molecular formula is C37H61N11O15. The summed E-state index contributed by atoms with van der Waals surface area (Å²) in [5, 5.41) is 68.3. The number of hydrogen-bond donors (Lipinski definition) is 14. The number of nitrogens with one attached hydrogen (secondary N) is 7. The Hall–Kier alpha value is -5.22. The lowest BCUT2D eigenvalue weighted by atomic mass is 9.98. The molecule has 0 aliphatic carbocycles. The molecular weight excluding hydrogens is 838 g/mol. The summed E-state index contributed by atoms with van der Waals surface area (Å²) in [5.74, 6) is -4.71. The number of urea groups is 1. The molecule has 16 N–H and O–H groups in total. The third kappa shape index (κ3) is 13.6. The number of aliphatic hydroxyl groups excluding tert-OH is 3. The van der Waals surface area contributed by atoms with E-state index >= 15 is 0 Å². The van der Waals surface area contributed by atoms with Crippen LogP contribution in [-0.4, -0.2) is 170 Å². The standard InChI is InChI=1S/C37H61N11O15/c1-15(2)12-18(43-31(54)24(17-6-10-42-35(39)44-17)47-36(59)46-23(16(3)4)33(55)56)30(53)41-9-5-8-40-25(34(57)58)28(62-22-13-19(49)20(14-38)61-22)29-26(51)27(52)32(63-29)48-11-7-21(50)45-37(48)60/h7,11,15-20,22-29,32,40,49,51-52H,5-6,8-10,12-14,38H2,1-4H3,(H,41,53)(H,43,54)(H,55,56)(H,57,58)(H3,39,42,44)(H,45,50,60)(H2,46,47,59)/t17-,18-,19-,20+,22-,23-,24-,25-,26-,27+,28-,29-,32+/m0/s1. The van der Waals surface area contributed by atoms with E-state index in [9.17, 15) is 59.1 Å². The van der Waals surface area contributed by atoms with E-state index in [4.69, 9.17) is 25.7 Å². The van der Waals surface area contributed by atoms with E-state index in [1.54, 1.807) is 13.8 Å². The molecule has 0 radical (unpaired) electrons. The molecule has 13 atom stereocenters. The van der Waals surface area contributed by atoms with Gasteiger partial charge in [0.25, 0.3) is 5.56 Å². The summed E-state index contributed by atoms with van der Waals surface area (Å²) in [6.45, 7) is 6.82. The lowest BCUT2D eigenvalue weighted by Crippen LogP contribution is -2.64. The van der Waals surface area contributed by atoms with Crippen LogP contribution in [0.3, 0.4) is 0 Å². The zero-order chi connectivity index (χ0) is 46.7. The van der Waals surface area contributed by atoms with Gasteiger partial charge in [-0.05, 0) is 37.6 Å². The number of aromatic amines is 1. The number of amides is 4. The minimum atomic E-state index is -1.84. The largest absolute Gasteiger partial charge is 0.480 e. The summed E-state index contributed by atoms with van der Waals surface area (Å²) in [6.07, 6.45) is -10.2. The minimum Gasteiger partial charge on any atom is -0.480 e. The van der Waals surface area contributed by atoms with Crippen LogP contribution in [0, 0.1) is 11.8 Å². The molecule has 0 bridgehead atoms. The quantitative estimate of drug-likeness (QED) is 0.0483. The van der Waals surface area contributed by atoms with Crippen molar-refractivity contribution in [3.05, 3.63) is 33.1 Å². The van der Waals surface area contributed by atoms with Gasteiger partial charge in [-0.3, -0.25) is 33.7 Å². The van der Waals surface area contributed by atoms with Gasteiger partial charge in [0.2, 0.25) is 11.8 Å². The van der Waals surface area contributed by atoms with E-state index in [-0.39, 0.29) is 63.7 Å². The summed E-state index contributed by atoms with van der Waals surface area (Å²) in [5.41, 5.74) is 9.82. The highest BCUT2D eigenvalue weighted by molar-refractivity contribution is 5.93. The maximum atomic E-state index is 13.8. The third-order valence-electron chi connectivity index (χ3n) is 10.7. The van der Waals surface area contributed by atoms with Crippen LogP contribution in [0.1, 0.15) is 59.6 Å². The average Bonchev–Trinajstić information content (AvgIpc) is 3.71. The first-order valence-corrected chi connectivity index (χ1v) is 20.6. The van der Waals surface area contributed by atoms with Crippen molar-refractivity contribution >= 4 is 35.7 Å². The number of ether oxygens (including phenoxy) is 3. The molecule has 4 heterocycles. The molecule has 1 aromatic heterocycles. The third-order valence-corrected chi connectivity index (χ3v) is 10.7. The zero-order valence-electron chi connectivity index (χ0n) is 35.3. The van der Waals surface area contributed by atoms with Gasteiger partial charge in [0.1, 0.15) is 48.6 Å². The second kappa shape index (κ2) is 22.9. The highest BCUT2D eigenvalue weighted by Gasteiger charge is 2.52. The minimum absolute atomic E-state index is 0.0206. The van der Waals surface area contributed by atoms with Crippen molar-refractivity contribution in [2.75, 3.05) is 26.2 Å². The van der Waals surface area contributed by atoms with Crippen molar-refractivity contribution in [1.82, 2.24) is 41.5 Å². The Labute approximate surface area is 360 Å². The topological polar surface area (TPSA) is 406 Å². The number of carboxylic acids is 2. The Morgan fingerprint density at radius 1 is 0.968 bits per heavy atom. The molecule has 26 heteroatoms. The monoisotopic (exact) mass is 899 g/mol. The van der Waals surface area contributed by atoms with Crippen molar-refractivity contribution in [2.24, 2.45) is 28.3 Å². The van der Waals surface area contributed by atoms with Gasteiger partial charge in [-0.2, -0.15) is 0 Å². The van der Waals surface area contributed by atoms with Crippen LogP contribution in [0.25, 0.3) is 0 Å². The normalized spacial score (nSPS) is 27.0. The molecule has 0 saturated carbocycles. The molecule has 26 nitrogen and oxygen atoms in total. The number of aliphatic imine (C=N–C) groups is 1. The number of aliphatic carboxylic acids is 2. The number of rotatable bonds is 22. The van der Waals surface area contributed by atoms with Crippen LogP contribution in [0.15, 0.2) is 26.8 Å². The van der Waals surface area contributed by atoms with Crippen LogP contribution in [-0.2, 0) is 33.4 Å². The van der Waals surface area contributed by atoms with E-state index in [2.05, 4.69) is 36.9 Å². The highest BCUT2D eigenvalue weighted by atomic mass is 16.7. The van der Waals surface area contributed by atoms with Crippen molar-refractivity contribution in [1.29, 1.82) is 0 Å². The van der Waals surface area contributed by atoms with E-state index in [1.807, 2.05) is 18.8 Å². The van der Waals surface area contributed by atoms with Crippen LogP contribution < -0.4 is 54.6 Å². The molecule has 2 fully saturated rings. The van der Waals surface area contributed by atoms with Crippen molar-refractivity contribution in [3.63, 3.8) is 0 Å². The first-order valence-electron chi connectivity index (χ1n) is 20.6. The van der Waals surface area contributed by atoms with Gasteiger partial charge in [0.15, 0.2) is 18.5 Å². The Morgan fingerprint density at radius 3 is 2.25 bits per heavy atom. The van der Waals surface area contributed by atoms with Crippen molar-refractivity contribution < 1.29 is 63.7 Å². The highest BCUT2D eigenvalue weighted by Crippen LogP contribution is 2.34. The maximum absolute atomic E-state index is 13.8. The summed E-state index contributed by atoms with van der Waals surface area (Å²) in [4.78, 5) is 95.2. The number of nitrogens with zero attached hydrogens (tertiary/aromatic N) is 2. The Bertz CT molecular complexity index is 1900. The maximum Gasteiger partial charge on any atom is 0.330 e. The lowest BCUT2D eigenvalue weighted by molar-refractivity contribution is -0.210. The van der Waals surface area contributed by atoms with Gasteiger partial charge in [0, 0.05) is 38.3 Å². The van der Waals surface area contributed by atoms with Gasteiger partial charge in [-0.1, -0.05) is 27.7 Å². The number of hydrogen-bond acceptors (Lipinski definition) is 18. The Morgan fingerprint density at radius 2 is 1.67 bits per heavy atom. The Kier molecular flexibility index (Phi) is 18.4. The van der Waals surface area contributed by atoms with Gasteiger partial charge < -0.3 is 83.1 Å². The van der Waals surface area contributed by atoms with Crippen LogP contribution in [0.4, 0.5) is 4.79 Å². The molecule has 4 amide bonds. The van der Waals surface area contributed by atoms with Gasteiger partial charge in [-0.25, -0.2) is 14.4 Å². The summed E-state index contributed by atoms with van der Waals surface area (Å²) >= 11 is 0.